The SMILES string of the molecule is COC(=O)CCOCCc1ccc(-c2ccc(Nc3nnc(C4CC4)o3)cc2)cc1. The summed E-state index contributed by atoms with van der Waals surface area (Å²) in [6.45, 7) is 0.964. The van der Waals surface area contributed by atoms with Crippen LogP contribution in [0.5, 0.6) is 0 Å². The first-order chi connectivity index (χ1) is 14.7. The molecule has 0 atom stereocenters. The lowest BCUT2D eigenvalue weighted by molar-refractivity contribution is -0.141. The number of ether oxygens (including phenoxy) is 2. The number of nitrogens with zero attached hydrogens (tertiary/aromatic N) is 2. The molecule has 3 aromatic rings. The molecule has 0 spiro atoms. The van der Waals surface area contributed by atoms with E-state index in [0.717, 1.165) is 42.0 Å². The number of carbonyl (C=O) groups is 1. The largest absolute Gasteiger partial charge is 0.469 e. The summed E-state index contributed by atoms with van der Waals surface area (Å²) in [5.41, 5.74) is 4.37. The molecule has 4 rings (SSSR count). The van der Waals surface area contributed by atoms with Crippen LogP contribution in [0.1, 0.15) is 36.6 Å². The zero-order valence-corrected chi connectivity index (χ0v) is 17.0. The van der Waals surface area contributed by atoms with Gasteiger partial charge in [0.05, 0.1) is 26.7 Å². The standard InChI is InChI=1S/C23H25N3O4/c1-28-21(27)13-15-29-14-12-16-2-4-17(5-3-16)18-8-10-20(11-9-18)24-23-26-25-22(30-23)19-6-7-19/h2-5,8-11,19H,6-7,12-15H2,1H3,(H,24,26). The molecule has 30 heavy (non-hydrogen) atoms. The van der Waals surface area contributed by atoms with Crippen molar-refractivity contribution in [3.05, 3.63) is 60.0 Å². The molecule has 7 nitrogen and oxygen atoms in total. The number of aromatic nitrogens is 2. The van der Waals surface area contributed by atoms with Crippen molar-refractivity contribution in [3.63, 3.8) is 0 Å². The first kappa shape index (κ1) is 20.1. The van der Waals surface area contributed by atoms with Gasteiger partial charge >= 0.3 is 12.0 Å². The summed E-state index contributed by atoms with van der Waals surface area (Å²) in [5, 5.41) is 11.3. The number of anilines is 2. The van der Waals surface area contributed by atoms with Gasteiger partial charge in [0.1, 0.15) is 0 Å². The topological polar surface area (TPSA) is 86.5 Å². The molecular weight excluding hydrogens is 382 g/mol. The zero-order chi connectivity index (χ0) is 20.8. The third-order valence-electron chi connectivity index (χ3n) is 5.00. The molecule has 1 saturated carbocycles. The number of nitrogens with one attached hydrogen (secondary N) is 1. The molecule has 1 aliphatic rings. The molecule has 0 amide bonds. The van der Waals surface area contributed by atoms with Crippen molar-refractivity contribution in [2.45, 2.75) is 31.6 Å². The Labute approximate surface area is 175 Å². The zero-order valence-electron chi connectivity index (χ0n) is 17.0. The minimum Gasteiger partial charge on any atom is -0.469 e. The second-order valence-electron chi connectivity index (χ2n) is 7.31. The van der Waals surface area contributed by atoms with Gasteiger partial charge in [0.25, 0.3) is 0 Å². The Morgan fingerprint density at radius 1 is 1.03 bits per heavy atom. The van der Waals surface area contributed by atoms with Crippen molar-refractivity contribution < 1.29 is 18.7 Å². The van der Waals surface area contributed by atoms with Crippen LogP contribution in [0.15, 0.2) is 52.9 Å². The summed E-state index contributed by atoms with van der Waals surface area (Å²) in [4.78, 5) is 11.0. The number of carbonyl (C=O) groups excluding carboxylic acids is 1. The van der Waals surface area contributed by atoms with Gasteiger partial charge in [-0.3, -0.25) is 4.79 Å². The van der Waals surface area contributed by atoms with Crippen LogP contribution in [0.25, 0.3) is 11.1 Å². The van der Waals surface area contributed by atoms with Crippen molar-refractivity contribution >= 4 is 17.7 Å². The Morgan fingerprint density at radius 2 is 1.73 bits per heavy atom. The van der Waals surface area contributed by atoms with E-state index in [1.807, 2.05) is 12.1 Å². The summed E-state index contributed by atoms with van der Waals surface area (Å²) in [6.07, 6.45) is 3.36. The number of methoxy groups -OCH3 is 1. The molecule has 1 fully saturated rings. The lowest BCUT2D eigenvalue weighted by Crippen LogP contribution is -2.07. The second kappa shape index (κ2) is 9.54. The summed E-state index contributed by atoms with van der Waals surface area (Å²) in [7, 11) is 1.38. The fourth-order valence-electron chi connectivity index (χ4n) is 3.06. The van der Waals surface area contributed by atoms with E-state index in [-0.39, 0.29) is 12.4 Å². The van der Waals surface area contributed by atoms with Gasteiger partial charge in [-0.05, 0) is 48.1 Å². The molecule has 156 valence electrons. The number of hydrogen-bond donors (Lipinski definition) is 1. The highest BCUT2D eigenvalue weighted by Gasteiger charge is 2.29. The van der Waals surface area contributed by atoms with Gasteiger partial charge in [-0.15, -0.1) is 5.10 Å². The normalized spacial score (nSPS) is 13.2. The third kappa shape index (κ3) is 5.45. The van der Waals surface area contributed by atoms with Gasteiger partial charge in [-0.2, -0.15) is 0 Å². The van der Waals surface area contributed by atoms with Gasteiger partial charge in [0.15, 0.2) is 0 Å². The number of esters is 1. The molecule has 2 aromatic carbocycles. The van der Waals surface area contributed by atoms with Crippen LogP contribution in [0, 0.1) is 0 Å². The van der Waals surface area contributed by atoms with Crippen LogP contribution in [0.2, 0.25) is 0 Å². The maximum atomic E-state index is 11.0. The molecule has 0 aliphatic heterocycles. The molecule has 1 heterocycles. The van der Waals surface area contributed by atoms with Crippen LogP contribution in [0.4, 0.5) is 11.7 Å². The van der Waals surface area contributed by atoms with E-state index in [2.05, 4.69) is 56.6 Å². The lowest BCUT2D eigenvalue weighted by atomic mass is 10.0. The molecule has 7 heteroatoms. The highest BCUT2D eigenvalue weighted by atomic mass is 16.5. The Bertz CT molecular complexity index is 963. The molecule has 0 bridgehead atoms. The van der Waals surface area contributed by atoms with Gasteiger partial charge in [-0.1, -0.05) is 41.5 Å². The molecule has 0 saturated heterocycles. The van der Waals surface area contributed by atoms with Gasteiger partial charge in [0, 0.05) is 11.6 Å². The number of hydrogen-bond acceptors (Lipinski definition) is 7. The van der Waals surface area contributed by atoms with Crippen molar-refractivity contribution in [3.8, 4) is 11.1 Å². The smallest absolute Gasteiger partial charge is 0.320 e. The van der Waals surface area contributed by atoms with E-state index in [1.54, 1.807) is 0 Å². The van der Waals surface area contributed by atoms with E-state index in [4.69, 9.17) is 9.15 Å². The second-order valence-corrected chi connectivity index (χ2v) is 7.31. The monoisotopic (exact) mass is 407 g/mol. The van der Waals surface area contributed by atoms with E-state index in [1.165, 1.54) is 12.7 Å². The molecule has 1 N–H and O–H groups in total. The predicted molar refractivity (Wildman–Crippen MR) is 113 cm³/mol. The van der Waals surface area contributed by atoms with E-state index < -0.39 is 0 Å². The Balaban J connectivity index is 1.26. The van der Waals surface area contributed by atoms with Gasteiger partial charge in [-0.25, -0.2) is 0 Å². The Kier molecular flexibility index (Phi) is 6.39. The predicted octanol–water partition coefficient (Wildman–Crippen LogP) is 4.48. The fraction of sp³-hybridized carbons (Fsp3) is 0.348. The van der Waals surface area contributed by atoms with Crippen molar-refractivity contribution in [1.29, 1.82) is 0 Å². The van der Waals surface area contributed by atoms with Crippen LogP contribution in [0.3, 0.4) is 0 Å². The minimum atomic E-state index is -0.249. The van der Waals surface area contributed by atoms with Crippen molar-refractivity contribution in [2.24, 2.45) is 0 Å². The molecule has 0 unspecified atom stereocenters. The summed E-state index contributed by atoms with van der Waals surface area (Å²) in [5.74, 6) is 0.925. The van der Waals surface area contributed by atoms with E-state index in [9.17, 15) is 4.79 Å². The highest BCUT2D eigenvalue weighted by molar-refractivity contribution is 5.69. The quantitative estimate of drug-likeness (QED) is 0.392. The summed E-state index contributed by atoms with van der Waals surface area (Å²) in [6, 6.07) is 17.0. The molecule has 1 aromatic heterocycles. The van der Waals surface area contributed by atoms with Crippen LogP contribution < -0.4 is 5.32 Å². The Hall–Kier alpha value is -3.19. The van der Waals surface area contributed by atoms with Crippen LogP contribution in [-0.2, 0) is 20.7 Å². The van der Waals surface area contributed by atoms with E-state index >= 15 is 0 Å². The van der Waals surface area contributed by atoms with Gasteiger partial charge in [0.2, 0.25) is 5.89 Å². The fourth-order valence-corrected chi connectivity index (χ4v) is 3.06. The average molecular weight is 407 g/mol. The van der Waals surface area contributed by atoms with Gasteiger partial charge < -0.3 is 19.2 Å². The molecule has 1 aliphatic carbocycles. The summed E-state index contributed by atoms with van der Waals surface area (Å²) >= 11 is 0. The minimum absolute atomic E-state index is 0.249. The van der Waals surface area contributed by atoms with Crippen LogP contribution in [-0.4, -0.2) is 36.5 Å². The first-order valence-corrected chi connectivity index (χ1v) is 10.2. The average Bonchev–Trinajstić information content (AvgIpc) is 3.53. The van der Waals surface area contributed by atoms with E-state index in [0.29, 0.717) is 25.1 Å². The molecule has 0 radical (unpaired) electrons. The highest BCUT2D eigenvalue weighted by Crippen LogP contribution is 2.39. The number of rotatable bonds is 10. The number of benzene rings is 2. The first-order valence-electron chi connectivity index (χ1n) is 10.2. The maximum absolute atomic E-state index is 11.0. The maximum Gasteiger partial charge on any atom is 0.320 e. The van der Waals surface area contributed by atoms with Crippen molar-refractivity contribution in [2.75, 3.05) is 25.6 Å². The summed E-state index contributed by atoms with van der Waals surface area (Å²) < 4.78 is 15.7. The van der Waals surface area contributed by atoms with Crippen molar-refractivity contribution in [1.82, 2.24) is 10.2 Å². The third-order valence-corrected chi connectivity index (χ3v) is 5.00. The lowest BCUT2D eigenvalue weighted by Gasteiger charge is -2.07. The molecular formula is C23H25N3O4. The Morgan fingerprint density at radius 3 is 2.40 bits per heavy atom. The van der Waals surface area contributed by atoms with Crippen LogP contribution >= 0.6 is 0 Å².